The number of nitrogens with zero attached hydrogens (tertiary/aromatic N) is 2. The highest BCUT2D eigenvalue weighted by Crippen LogP contribution is 2.52. The number of aliphatic hydroxyl groups is 1. The van der Waals surface area contributed by atoms with Gasteiger partial charge in [0.1, 0.15) is 11.8 Å². The maximum atomic E-state index is 13.3. The van der Waals surface area contributed by atoms with Crippen molar-refractivity contribution in [1.29, 1.82) is 0 Å². The number of carbonyl (C=O) groups is 4. The van der Waals surface area contributed by atoms with Crippen molar-refractivity contribution in [1.82, 2.24) is 9.80 Å². The van der Waals surface area contributed by atoms with E-state index < -0.39 is 30.4 Å². The lowest BCUT2D eigenvalue weighted by molar-refractivity contribution is -0.174. The molecule has 1 aliphatic carbocycles. The first-order chi connectivity index (χ1) is 17.1. The average Bonchev–Trinajstić information content (AvgIpc) is 3.04. The van der Waals surface area contributed by atoms with Crippen LogP contribution in [0.5, 0.6) is 0 Å². The number of thioether (sulfide) groups is 2. The van der Waals surface area contributed by atoms with Gasteiger partial charge in [-0.25, -0.2) is 9.59 Å². The van der Waals surface area contributed by atoms with E-state index in [0.29, 0.717) is 17.2 Å². The highest BCUT2D eigenvalue weighted by molar-refractivity contribution is 8.14. The average molecular weight is 543 g/mol. The highest BCUT2D eigenvalue weighted by atomic mass is 32.2. The van der Waals surface area contributed by atoms with Crippen LogP contribution in [0.3, 0.4) is 0 Å². The minimum atomic E-state index is -1.21. The van der Waals surface area contributed by atoms with Gasteiger partial charge >= 0.3 is 12.1 Å². The zero-order valence-electron chi connectivity index (χ0n) is 21.0. The van der Waals surface area contributed by atoms with E-state index in [4.69, 9.17) is 14.2 Å². The van der Waals surface area contributed by atoms with Crippen LogP contribution in [0, 0.1) is 11.8 Å². The number of β-lactam (4-membered cyclic amide) rings is 1. The lowest BCUT2D eigenvalue weighted by Crippen LogP contribution is -2.63. The third-order valence-electron chi connectivity index (χ3n) is 7.13. The number of amides is 2. The molecule has 0 aromatic carbocycles. The predicted octanol–water partition coefficient (Wildman–Crippen LogP) is 3.33. The van der Waals surface area contributed by atoms with Gasteiger partial charge in [-0.3, -0.25) is 9.59 Å². The molecule has 4 aliphatic rings. The smallest absolute Gasteiger partial charge is 0.431 e. The second-order valence-electron chi connectivity index (χ2n) is 9.88. The molecule has 12 heteroatoms. The minimum absolute atomic E-state index is 0.000754. The first kappa shape index (κ1) is 27.1. The zero-order chi connectivity index (χ0) is 26.1. The number of aliphatic hydroxyl groups excluding tert-OH is 1. The van der Waals surface area contributed by atoms with Crippen LogP contribution in [-0.2, 0) is 23.8 Å². The molecule has 0 bridgehead atoms. The van der Waals surface area contributed by atoms with Crippen molar-refractivity contribution in [2.75, 3.05) is 19.3 Å². The molecule has 10 nitrogen and oxygen atoms in total. The second-order valence-corrected chi connectivity index (χ2v) is 12.2. The summed E-state index contributed by atoms with van der Waals surface area (Å²) in [5, 5.41) is 10.2. The quantitative estimate of drug-likeness (QED) is 0.291. The lowest BCUT2D eigenvalue weighted by Gasteiger charge is -2.46. The number of carbonyl (C=O) groups excluding carboxylic acids is 4. The topological polar surface area (TPSA) is 123 Å². The van der Waals surface area contributed by atoms with Crippen molar-refractivity contribution < 1.29 is 38.5 Å². The van der Waals surface area contributed by atoms with E-state index >= 15 is 0 Å². The van der Waals surface area contributed by atoms with Crippen LogP contribution in [-0.4, -0.2) is 87.3 Å². The standard InChI is InChI=1S/C24H34N2O8S2/c1-12-18-17(13(2)27)21(28)26(18)19(20(12)36-16-10-25(4)23(30)35-11-16)22(29)32-14(3)33-24(31)34-15-8-6-5-7-9-15/h12-18,27H,5-11H2,1-4H3/t12-,13-,14?,16?,17-,18-/m1/s1. The Hall–Kier alpha value is -1.92. The third kappa shape index (κ3) is 5.50. The summed E-state index contributed by atoms with van der Waals surface area (Å²) in [6, 6.07) is -0.356. The van der Waals surface area contributed by atoms with Crippen molar-refractivity contribution in [2.45, 2.75) is 82.7 Å². The Morgan fingerprint density at radius 3 is 2.47 bits per heavy atom. The molecule has 3 fully saturated rings. The first-order valence-electron chi connectivity index (χ1n) is 12.5. The molecule has 1 N–H and O–H groups in total. The molecule has 3 heterocycles. The van der Waals surface area contributed by atoms with Crippen molar-refractivity contribution >= 4 is 46.8 Å². The Labute approximate surface area is 219 Å². The van der Waals surface area contributed by atoms with E-state index in [-0.39, 0.29) is 40.2 Å². The summed E-state index contributed by atoms with van der Waals surface area (Å²) in [5.41, 5.74) is 0.125. The van der Waals surface area contributed by atoms with Crippen LogP contribution in [0.4, 0.5) is 9.59 Å². The van der Waals surface area contributed by atoms with Crippen molar-refractivity contribution in [3.63, 3.8) is 0 Å². The maximum absolute atomic E-state index is 13.3. The van der Waals surface area contributed by atoms with Gasteiger partial charge in [-0.05, 0) is 32.6 Å². The largest absolute Gasteiger partial charge is 0.511 e. The molecule has 36 heavy (non-hydrogen) atoms. The number of rotatable bonds is 7. The van der Waals surface area contributed by atoms with Crippen molar-refractivity contribution in [2.24, 2.45) is 11.8 Å². The number of ether oxygens (including phenoxy) is 3. The second kappa shape index (κ2) is 11.2. The van der Waals surface area contributed by atoms with Crippen LogP contribution in [0.15, 0.2) is 10.6 Å². The van der Waals surface area contributed by atoms with E-state index in [0.717, 1.165) is 32.1 Å². The Balaban J connectivity index is 1.46. The van der Waals surface area contributed by atoms with E-state index in [1.165, 1.54) is 35.3 Å². The molecule has 4 rings (SSSR count). The maximum Gasteiger partial charge on any atom is 0.511 e. The molecule has 0 radical (unpaired) electrons. The fourth-order valence-electron chi connectivity index (χ4n) is 5.34. The molecular weight excluding hydrogens is 508 g/mol. The number of esters is 1. The van der Waals surface area contributed by atoms with Gasteiger partial charge in [-0.15, -0.1) is 11.8 Å². The highest BCUT2D eigenvalue weighted by Gasteiger charge is 2.60. The normalized spacial score (nSPS) is 30.5. The van der Waals surface area contributed by atoms with Gasteiger partial charge < -0.3 is 29.1 Å². The predicted molar refractivity (Wildman–Crippen MR) is 134 cm³/mol. The van der Waals surface area contributed by atoms with Gasteiger partial charge in [0.05, 0.1) is 18.1 Å². The summed E-state index contributed by atoms with van der Waals surface area (Å²) in [7, 11) is 1.73. The fraction of sp³-hybridized carbons (Fsp3) is 0.750. The molecule has 3 aliphatic heterocycles. The van der Waals surface area contributed by atoms with E-state index in [1.54, 1.807) is 18.9 Å². The number of hydrogen-bond donors (Lipinski definition) is 1. The molecular formula is C24H34N2O8S2. The molecule has 2 amide bonds. The summed E-state index contributed by atoms with van der Waals surface area (Å²) in [5.74, 6) is -1.33. The Morgan fingerprint density at radius 2 is 1.83 bits per heavy atom. The van der Waals surface area contributed by atoms with Gasteiger partial charge in [-0.2, -0.15) is 0 Å². The summed E-state index contributed by atoms with van der Waals surface area (Å²) < 4.78 is 15.9. The molecule has 1 saturated carbocycles. The van der Waals surface area contributed by atoms with Gasteiger partial charge in [0.2, 0.25) is 12.2 Å². The van der Waals surface area contributed by atoms with Crippen LogP contribution in [0.25, 0.3) is 0 Å². The monoisotopic (exact) mass is 542 g/mol. The molecule has 0 aromatic rings. The SMILES string of the molecule is CC(OC(=O)OC1CCCCC1)OC(=O)C1=C(SC2CSC(=O)N(C)C2)[C@H](C)[C@@H]2[C@@H]([C@@H](C)O)C(=O)N12. The fourth-order valence-corrected chi connectivity index (χ4v) is 7.85. The number of fused-ring (bicyclic) bond motifs is 1. The summed E-state index contributed by atoms with van der Waals surface area (Å²) in [6.07, 6.45) is 1.56. The molecule has 200 valence electrons. The third-order valence-corrected chi connectivity index (χ3v) is 9.93. The van der Waals surface area contributed by atoms with Gasteiger partial charge in [-0.1, -0.05) is 25.1 Å². The summed E-state index contributed by atoms with van der Waals surface area (Å²) >= 11 is 2.68. The van der Waals surface area contributed by atoms with Crippen LogP contribution < -0.4 is 0 Å². The van der Waals surface area contributed by atoms with Crippen LogP contribution in [0.1, 0.15) is 52.9 Å². The van der Waals surface area contributed by atoms with E-state index in [1.807, 2.05) is 6.92 Å². The van der Waals surface area contributed by atoms with Crippen LogP contribution in [0.2, 0.25) is 0 Å². The number of hydrogen-bond acceptors (Lipinski definition) is 10. The Morgan fingerprint density at radius 1 is 1.14 bits per heavy atom. The lowest BCUT2D eigenvalue weighted by atomic mass is 9.79. The van der Waals surface area contributed by atoms with Crippen molar-refractivity contribution in [3.8, 4) is 0 Å². The van der Waals surface area contributed by atoms with Gasteiger partial charge in [0.15, 0.2) is 0 Å². The Kier molecular flexibility index (Phi) is 8.45. The van der Waals surface area contributed by atoms with Gasteiger partial charge in [0, 0.05) is 42.3 Å². The molecule has 6 atom stereocenters. The Bertz CT molecular complexity index is 935. The molecule has 0 spiro atoms. The van der Waals surface area contributed by atoms with E-state index in [2.05, 4.69) is 0 Å². The first-order valence-corrected chi connectivity index (χ1v) is 14.3. The van der Waals surface area contributed by atoms with Crippen LogP contribution >= 0.6 is 23.5 Å². The van der Waals surface area contributed by atoms with Crippen molar-refractivity contribution in [3.05, 3.63) is 10.6 Å². The zero-order valence-corrected chi connectivity index (χ0v) is 22.6. The molecule has 2 unspecified atom stereocenters. The minimum Gasteiger partial charge on any atom is -0.431 e. The summed E-state index contributed by atoms with van der Waals surface area (Å²) in [4.78, 5) is 54.0. The molecule has 0 aromatic heterocycles. The summed E-state index contributed by atoms with van der Waals surface area (Å²) in [6.45, 7) is 5.44. The van der Waals surface area contributed by atoms with Gasteiger partial charge in [0.25, 0.3) is 5.24 Å². The molecule has 2 saturated heterocycles. The van der Waals surface area contributed by atoms with E-state index in [9.17, 15) is 24.3 Å².